The molecule has 34 heavy (non-hydrogen) atoms. The molecule has 0 aliphatic rings. The fourth-order valence-corrected chi connectivity index (χ4v) is 3.58. The molecule has 0 bridgehead atoms. The van der Waals surface area contributed by atoms with E-state index in [1.807, 2.05) is 0 Å². The highest BCUT2D eigenvalue weighted by Crippen LogP contribution is 2.13. The highest BCUT2D eigenvalue weighted by molar-refractivity contribution is 8.00. The average Bonchev–Trinajstić information content (AvgIpc) is 2.81. The van der Waals surface area contributed by atoms with Gasteiger partial charge in [0.15, 0.2) is 0 Å². The van der Waals surface area contributed by atoms with Crippen LogP contribution < -0.4 is 27.4 Å². The third-order valence-corrected chi connectivity index (χ3v) is 5.93. The summed E-state index contributed by atoms with van der Waals surface area (Å²) >= 11 is 1.08. The summed E-state index contributed by atoms with van der Waals surface area (Å²) in [6, 6.07) is 3.51. The van der Waals surface area contributed by atoms with Crippen LogP contribution >= 0.6 is 11.8 Å². The van der Waals surface area contributed by atoms with E-state index >= 15 is 0 Å². The number of nitrogens with one attached hydrogen (secondary N) is 3. The number of aromatic hydroxyl groups is 1. The lowest BCUT2D eigenvalue weighted by atomic mass is 10.0. The Morgan fingerprint density at radius 1 is 1.12 bits per heavy atom. The summed E-state index contributed by atoms with van der Waals surface area (Å²) in [5.74, 6) is -2.48. The van der Waals surface area contributed by atoms with E-state index in [1.165, 1.54) is 31.1 Å². The number of hydrogen-bond donors (Lipinski definition) is 6. The Balaban J connectivity index is 2.78. The number of carbonyl (C=O) groups excluding carboxylic acids is 5. The van der Waals surface area contributed by atoms with Crippen molar-refractivity contribution in [2.45, 2.75) is 31.5 Å². The first-order valence-corrected chi connectivity index (χ1v) is 11.6. The molecule has 1 aromatic rings. The molecule has 0 aliphatic heterocycles. The van der Waals surface area contributed by atoms with Crippen molar-refractivity contribution < 1.29 is 29.1 Å². The smallest absolute Gasteiger partial charge is 0.245 e. The Hall–Kier alpha value is -3.32. The molecule has 3 unspecified atom stereocenters. The van der Waals surface area contributed by atoms with Gasteiger partial charge < -0.3 is 37.4 Å². The average molecular weight is 497 g/mol. The summed E-state index contributed by atoms with van der Waals surface area (Å²) in [6.45, 7) is 1.23. The molecule has 0 spiro atoms. The van der Waals surface area contributed by atoms with Gasteiger partial charge >= 0.3 is 0 Å². The van der Waals surface area contributed by atoms with Crippen LogP contribution in [0.2, 0.25) is 0 Å². The predicted molar refractivity (Wildman–Crippen MR) is 128 cm³/mol. The summed E-state index contributed by atoms with van der Waals surface area (Å²) in [5, 5.41) is 16.9. The second-order valence-electron chi connectivity index (χ2n) is 7.54. The summed E-state index contributed by atoms with van der Waals surface area (Å²) < 4.78 is 0. The first kappa shape index (κ1) is 28.7. The maximum absolute atomic E-state index is 13.1. The topological polar surface area (TPSA) is 197 Å². The number of likely N-dealkylation sites (N-methyl/N-ethyl adjacent to an activating group) is 2. The molecule has 0 radical (unpaired) electrons. The van der Waals surface area contributed by atoms with Crippen molar-refractivity contribution in [3.63, 3.8) is 0 Å². The van der Waals surface area contributed by atoms with E-state index in [0.29, 0.717) is 5.56 Å². The second kappa shape index (κ2) is 14.1. The van der Waals surface area contributed by atoms with Crippen LogP contribution in [0.25, 0.3) is 0 Å². The Labute approximate surface area is 202 Å². The number of thioether (sulfide) groups is 1. The third-order valence-electron chi connectivity index (χ3n) is 4.87. The van der Waals surface area contributed by atoms with Crippen molar-refractivity contribution in [3.8, 4) is 5.75 Å². The first-order chi connectivity index (χ1) is 16.0. The molecule has 1 rings (SSSR count). The zero-order chi connectivity index (χ0) is 25.8. The van der Waals surface area contributed by atoms with Crippen LogP contribution in [0.5, 0.6) is 5.75 Å². The van der Waals surface area contributed by atoms with Crippen molar-refractivity contribution in [3.05, 3.63) is 29.8 Å². The normalized spacial score (nSPS) is 13.2. The number of carbonyl (C=O) groups is 5. The van der Waals surface area contributed by atoms with Gasteiger partial charge in [-0.05, 0) is 24.6 Å². The third kappa shape index (κ3) is 9.67. The number of phenolic OH excluding ortho intramolecular Hbond substituents is 1. The summed E-state index contributed by atoms with van der Waals surface area (Å²) in [4.78, 5) is 61.3. The molecule has 0 saturated heterocycles. The number of rotatable bonds is 13. The molecule has 188 valence electrons. The fourth-order valence-electron chi connectivity index (χ4n) is 2.78. The quantitative estimate of drug-likeness (QED) is 0.175. The molecule has 5 amide bonds. The van der Waals surface area contributed by atoms with Crippen LogP contribution in [-0.4, -0.2) is 89.8 Å². The van der Waals surface area contributed by atoms with Gasteiger partial charge in [0.25, 0.3) is 0 Å². The number of primary amides is 1. The van der Waals surface area contributed by atoms with Crippen LogP contribution in [0.1, 0.15) is 12.5 Å². The van der Waals surface area contributed by atoms with Gasteiger partial charge in [-0.1, -0.05) is 12.1 Å². The van der Waals surface area contributed by atoms with Crippen molar-refractivity contribution >= 4 is 41.3 Å². The number of nitrogens with two attached hydrogens (primary N) is 2. The van der Waals surface area contributed by atoms with Gasteiger partial charge in [-0.2, -0.15) is 0 Å². The number of benzene rings is 1. The number of nitrogens with zero attached hydrogens (tertiary/aromatic N) is 1. The predicted octanol–water partition coefficient (Wildman–Crippen LogP) is -2.33. The van der Waals surface area contributed by atoms with Gasteiger partial charge in [0.05, 0.1) is 18.3 Å². The lowest BCUT2D eigenvalue weighted by Gasteiger charge is -2.28. The largest absolute Gasteiger partial charge is 0.508 e. The zero-order valence-corrected chi connectivity index (χ0v) is 20.2. The maximum atomic E-state index is 13.1. The molecule has 13 heteroatoms. The van der Waals surface area contributed by atoms with Crippen molar-refractivity contribution in [2.24, 2.45) is 11.5 Å². The minimum atomic E-state index is -0.970. The highest BCUT2D eigenvalue weighted by atomic mass is 32.2. The minimum Gasteiger partial charge on any atom is -0.508 e. The highest BCUT2D eigenvalue weighted by Gasteiger charge is 2.29. The number of phenols is 1. The lowest BCUT2D eigenvalue weighted by Crippen LogP contribution is -2.54. The van der Waals surface area contributed by atoms with Crippen molar-refractivity contribution in [1.82, 2.24) is 20.9 Å². The van der Waals surface area contributed by atoms with E-state index in [0.717, 1.165) is 11.8 Å². The lowest BCUT2D eigenvalue weighted by molar-refractivity contribution is -0.140. The molecule has 0 aromatic heterocycles. The Morgan fingerprint density at radius 3 is 2.29 bits per heavy atom. The van der Waals surface area contributed by atoms with Gasteiger partial charge in [0.1, 0.15) is 17.8 Å². The summed E-state index contributed by atoms with van der Waals surface area (Å²) in [6.07, 6.45) is 0.134. The van der Waals surface area contributed by atoms with E-state index in [4.69, 9.17) is 11.5 Å². The summed E-state index contributed by atoms with van der Waals surface area (Å²) in [7, 11) is 2.93. The molecule has 1 aromatic carbocycles. The first-order valence-electron chi connectivity index (χ1n) is 10.4. The monoisotopic (exact) mass is 496 g/mol. The van der Waals surface area contributed by atoms with Crippen LogP contribution in [-0.2, 0) is 30.4 Å². The molecule has 3 atom stereocenters. The molecule has 0 heterocycles. The molecule has 0 fully saturated rings. The Bertz CT molecular complexity index is 881. The minimum absolute atomic E-state index is 0.0635. The molecular weight excluding hydrogens is 464 g/mol. The van der Waals surface area contributed by atoms with Crippen molar-refractivity contribution in [1.29, 1.82) is 0 Å². The van der Waals surface area contributed by atoms with E-state index in [2.05, 4.69) is 16.0 Å². The maximum Gasteiger partial charge on any atom is 0.245 e. The van der Waals surface area contributed by atoms with Crippen molar-refractivity contribution in [2.75, 3.05) is 32.1 Å². The number of amides is 5. The number of hydrogen-bond acceptors (Lipinski definition) is 8. The van der Waals surface area contributed by atoms with Gasteiger partial charge in [-0.3, -0.25) is 24.0 Å². The van der Waals surface area contributed by atoms with E-state index < -0.39 is 41.8 Å². The van der Waals surface area contributed by atoms with Crippen LogP contribution in [0.4, 0.5) is 0 Å². The van der Waals surface area contributed by atoms with Gasteiger partial charge in [-0.25, -0.2) is 0 Å². The molecule has 0 saturated carbocycles. The zero-order valence-electron chi connectivity index (χ0n) is 19.4. The molecule has 12 nitrogen and oxygen atoms in total. The Morgan fingerprint density at radius 2 is 1.74 bits per heavy atom. The molecular formula is C21H32N6O6S. The SMILES string of the molecule is CNC(=O)C(C)N(C)C(=O)C(Cc1ccc(O)cc1)NC(=O)CSCC(N)C(=O)NCC(N)=O. The van der Waals surface area contributed by atoms with E-state index in [9.17, 15) is 29.1 Å². The Kier molecular flexibility index (Phi) is 11.9. The fraction of sp³-hybridized carbons (Fsp3) is 0.476. The van der Waals surface area contributed by atoms with Crippen LogP contribution in [0.15, 0.2) is 24.3 Å². The van der Waals surface area contributed by atoms with Crippen LogP contribution in [0.3, 0.4) is 0 Å². The summed E-state index contributed by atoms with van der Waals surface area (Å²) in [5.41, 5.74) is 11.4. The van der Waals surface area contributed by atoms with Gasteiger partial charge in [0, 0.05) is 26.3 Å². The second-order valence-corrected chi connectivity index (χ2v) is 8.57. The van der Waals surface area contributed by atoms with Crippen LogP contribution in [0, 0.1) is 0 Å². The van der Waals surface area contributed by atoms with Gasteiger partial charge in [0.2, 0.25) is 29.5 Å². The van der Waals surface area contributed by atoms with E-state index in [1.54, 1.807) is 19.1 Å². The van der Waals surface area contributed by atoms with E-state index in [-0.39, 0.29) is 36.1 Å². The molecule has 0 aliphatic carbocycles. The van der Waals surface area contributed by atoms with Gasteiger partial charge in [-0.15, -0.1) is 11.8 Å². The molecule has 8 N–H and O–H groups in total. The standard InChI is InChI=1S/C21H32N6O6S/c1-12(19(31)24-2)27(3)21(33)16(8-13-4-6-14(28)7-5-13)26-18(30)11-34-10-15(22)20(32)25-9-17(23)29/h4-7,12,15-16,28H,8-11,22H2,1-3H3,(H2,23,29)(H,24,31)(H,25,32)(H,26,30).